The Balaban J connectivity index is 1.97. The highest BCUT2D eigenvalue weighted by Gasteiger charge is 2.27. The molecule has 0 radical (unpaired) electrons. The number of piperidine rings is 1. The molecule has 0 N–H and O–H groups in total. The molecule has 1 aliphatic carbocycles. The standard InChI is InChI=1S/C16H21N/c1-17-11-10-16-14(12-17)8-5-9-15(16)13-6-3-2-4-7-13/h2-4,6-7,14H,5,8-12H2,1H3/t14-/m1/s1. The number of rotatable bonds is 1. The van der Waals surface area contributed by atoms with Gasteiger partial charge in [-0.1, -0.05) is 35.9 Å². The first-order chi connectivity index (χ1) is 8.34. The molecule has 1 aromatic carbocycles. The Morgan fingerprint density at radius 1 is 1.12 bits per heavy atom. The maximum Gasteiger partial charge on any atom is 0.00443 e. The zero-order chi connectivity index (χ0) is 11.7. The second-order valence-electron chi connectivity index (χ2n) is 5.47. The molecule has 1 atom stereocenters. The zero-order valence-electron chi connectivity index (χ0n) is 10.7. The molecule has 1 heteroatoms. The van der Waals surface area contributed by atoms with Gasteiger partial charge in [0, 0.05) is 13.1 Å². The van der Waals surface area contributed by atoms with Crippen molar-refractivity contribution in [3.05, 3.63) is 41.5 Å². The van der Waals surface area contributed by atoms with Gasteiger partial charge in [-0.15, -0.1) is 0 Å². The van der Waals surface area contributed by atoms with Crippen molar-refractivity contribution in [3.63, 3.8) is 0 Å². The molecule has 1 aromatic rings. The van der Waals surface area contributed by atoms with Crippen LogP contribution in [0.2, 0.25) is 0 Å². The van der Waals surface area contributed by atoms with E-state index in [2.05, 4.69) is 42.3 Å². The van der Waals surface area contributed by atoms with Gasteiger partial charge in [-0.2, -0.15) is 0 Å². The molecule has 1 nitrogen and oxygen atoms in total. The van der Waals surface area contributed by atoms with Gasteiger partial charge in [-0.05, 0) is 49.8 Å². The lowest BCUT2D eigenvalue weighted by Gasteiger charge is -2.37. The Morgan fingerprint density at radius 3 is 2.76 bits per heavy atom. The van der Waals surface area contributed by atoms with Crippen LogP contribution in [0.25, 0.3) is 5.57 Å². The molecule has 1 aliphatic heterocycles. The summed E-state index contributed by atoms with van der Waals surface area (Å²) < 4.78 is 0. The minimum atomic E-state index is 0.831. The van der Waals surface area contributed by atoms with E-state index >= 15 is 0 Å². The summed E-state index contributed by atoms with van der Waals surface area (Å²) in [6, 6.07) is 11.0. The number of allylic oxidation sites excluding steroid dienone is 1. The normalized spacial score (nSPS) is 25.8. The maximum atomic E-state index is 2.49. The highest BCUT2D eigenvalue weighted by Crippen LogP contribution is 2.39. The first-order valence-electron chi connectivity index (χ1n) is 6.80. The lowest BCUT2D eigenvalue weighted by atomic mass is 9.77. The van der Waals surface area contributed by atoms with Crippen molar-refractivity contribution in [1.82, 2.24) is 4.90 Å². The third kappa shape index (κ3) is 2.16. The number of likely N-dealkylation sites (tertiary alicyclic amines) is 1. The Labute approximate surface area is 104 Å². The molecule has 1 fully saturated rings. The van der Waals surface area contributed by atoms with Gasteiger partial charge in [0.2, 0.25) is 0 Å². The van der Waals surface area contributed by atoms with Crippen LogP contribution in [0.1, 0.15) is 31.2 Å². The summed E-state index contributed by atoms with van der Waals surface area (Å²) in [5.41, 5.74) is 4.90. The van der Waals surface area contributed by atoms with Gasteiger partial charge >= 0.3 is 0 Å². The smallest absolute Gasteiger partial charge is 0.00443 e. The van der Waals surface area contributed by atoms with Crippen molar-refractivity contribution in [2.45, 2.75) is 25.7 Å². The second kappa shape index (κ2) is 4.66. The van der Waals surface area contributed by atoms with Crippen LogP contribution >= 0.6 is 0 Å². The summed E-state index contributed by atoms with van der Waals surface area (Å²) in [4.78, 5) is 2.49. The van der Waals surface area contributed by atoms with Crippen molar-refractivity contribution in [3.8, 4) is 0 Å². The summed E-state index contributed by atoms with van der Waals surface area (Å²) in [5.74, 6) is 0.831. The van der Waals surface area contributed by atoms with Gasteiger partial charge in [0.1, 0.15) is 0 Å². The predicted molar refractivity (Wildman–Crippen MR) is 72.8 cm³/mol. The molecule has 0 spiro atoms. The van der Waals surface area contributed by atoms with Crippen LogP contribution in [-0.4, -0.2) is 25.0 Å². The predicted octanol–water partition coefficient (Wildman–Crippen LogP) is 3.58. The molecule has 1 heterocycles. The molecule has 0 bridgehead atoms. The highest BCUT2D eigenvalue weighted by molar-refractivity contribution is 5.70. The van der Waals surface area contributed by atoms with Gasteiger partial charge < -0.3 is 4.90 Å². The van der Waals surface area contributed by atoms with E-state index < -0.39 is 0 Å². The molecule has 1 saturated heterocycles. The van der Waals surface area contributed by atoms with Crippen molar-refractivity contribution < 1.29 is 0 Å². The molecular weight excluding hydrogens is 206 g/mol. The first-order valence-corrected chi connectivity index (χ1v) is 6.80. The third-order valence-corrected chi connectivity index (χ3v) is 4.28. The Bertz CT molecular complexity index is 418. The van der Waals surface area contributed by atoms with E-state index in [1.165, 1.54) is 44.3 Å². The fraction of sp³-hybridized carbons (Fsp3) is 0.500. The average Bonchev–Trinajstić information content (AvgIpc) is 2.39. The molecule has 90 valence electrons. The van der Waals surface area contributed by atoms with E-state index in [0.717, 1.165) is 5.92 Å². The fourth-order valence-corrected chi connectivity index (χ4v) is 3.41. The number of hydrogen-bond donors (Lipinski definition) is 0. The minimum Gasteiger partial charge on any atom is -0.305 e. The SMILES string of the molecule is CN1CCC2=C(c3ccccc3)CCC[C@@H]2C1. The molecule has 0 aromatic heterocycles. The topological polar surface area (TPSA) is 3.24 Å². The lowest BCUT2D eigenvalue weighted by molar-refractivity contribution is 0.244. The fourth-order valence-electron chi connectivity index (χ4n) is 3.41. The number of hydrogen-bond acceptors (Lipinski definition) is 1. The van der Waals surface area contributed by atoms with Gasteiger partial charge in [-0.25, -0.2) is 0 Å². The zero-order valence-corrected chi connectivity index (χ0v) is 10.7. The maximum absolute atomic E-state index is 2.49. The van der Waals surface area contributed by atoms with Crippen LogP contribution in [0.3, 0.4) is 0 Å². The molecule has 0 saturated carbocycles. The molecule has 17 heavy (non-hydrogen) atoms. The van der Waals surface area contributed by atoms with Crippen molar-refractivity contribution >= 4 is 5.57 Å². The second-order valence-corrected chi connectivity index (χ2v) is 5.47. The highest BCUT2D eigenvalue weighted by atomic mass is 15.1. The van der Waals surface area contributed by atoms with Crippen LogP contribution in [-0.2, 0) is 0 Å². The number of nitrogens with zero attached hydrogens (tertiary/aromatic N) is 1. The summed E-state index contributed by atoms with van der Waals surface area (Å²) in [7, 11) is 2.26. The van der Waals surface area contributed by atoms with Gasteiger partial charge in [0.25, 0.3) is 0 Å². The van der Waals surface area contributed by atoms with Crippen molar-refractivity contribution in [1.29, 1.82) is 0 Å². The van der Waals surface area contributed by atoms with E-state index in [0.29, 0.717) is 0 Å². The number of fused-ring (bicyclic) bond motifs is 1. The molecular formula is C16H21N. The first kappa shape index (κ1) is 11.0. The van der Waals surface area contributed by atoms with E-state index in [-0.39, 0.29) is 0 Å². The van der Waals surface area contributed by atoms with E-state index in [1.54, 1.807) is 11.1 Å². The largest absolute Gasteiger partial charge is 0.305 e. The lowest BCUT2D eigenvalue weighted by Crippen LogP contribution is -2.35. The third-order valence-electron chi connectivity index (χ3n) is 4.28. The summed E-state index contributed by atoms with van der Waals surface area (Å²) in [5, 5.41) is 0. The summed E-state index contributed by atoms with van der Waals surface area (Å²) in [6.07, 6.45) is 5.34. The van der Waals surface area contributed by atoms with Gasteiger partial charge in [-0.3, -0.25) is 0 Å². The molecule has 3 rings (SSSR count). The van der Waals surface area contributed by atoms with Crippen molar-refractivity contribution in [2.75, 3.05) is 20.1 Å². The molecule has 2 aliphatic rings. The van der Waals surface area contributed by atoms with Gasteiger partial charge in [0.05, 0.1) is 0 Å². The van der Waals surface area contributed by atoms with E-state index in [9.17, 15) is 0 Å². The van der Waals surface area contributed by atoms with Crippen LogP contribution < -0.4 is 0 Å². The Morgan fingerprint density at radius 2 is 1.94 bits per heavy atom. The van der Waals surface area contributed by atoms with Crippen LogP contribution in [0.5, 0.6) is 0 Å². The van der Waals surface area contributed by atoms with Crippen molar-refractivity contribution in [2.24, 2.45) is 5.92 Å². The summed E-state index contributed by atoms with van der Waals surface area (Å²) in [6.45, 7) is 2.51. The van der Waals surface area contributed by atoms with E-state index in [4.69, 9.17) is 0 Å². The van der Waals surface area contributed by atoms with Gasteiger partial charge in [0.15, 0.2) is 0 Å². The van der Waals surface area contributed by atoms with Crippen LogP contribution in [0, 0.1) is 5.92 Å². The monoisotopic (exact) mass is 227 g/mol. The minimum absolute atomic E-state index is 0.831. The quantitative estimate of drug-likeness (QED) is 0.709. The summed E-state index contributed by atoms with van der Waals surface area (Å²) >= 11 is 0. The average molecular weight is 227 g/mol. The Kier molecular flexibility index (Phi) is 3.02. The van der Waals surface area contributed by atoms with Crippen LogP contribution in [0.4, 0.5) is 0 Å². The number of benzene rings is 1. The van der Waals surface area contributed by atoms with E-state index in [1.807, 2.05) is 0 Å². The molecule has 0 unspecified atom stereocenters. The Hall–Kier alpha value is -1.08. The van der Waals surface area contributed by atoms with Crippen LogP contribution in [0.15, 0.2) is 35.9 Å². The molecule has 0 amide bonds.